The number of nitrogens with one attached hydrogen (secondary N) is 2. The van der Waals surface area contributed by atoms with Crippen LogP contribution in [0, 0.1) is 0 Å². The molecule has 7 heteroatoms. The van der Waals surface area contributed by atoms with Crippen LogP contribution in [0.2, 0.25) is 0 Å². The van der Waals surface area contributed by atoms with Crippen molar-refractivity contribution in [1.29, 1.82) is 0 Å². The van der Waals surface area contributed by atoms with E-state index in [4.69, 9.17) is 0 Å². The van der Waals surface area contributed by atoms with E-state index in [0.29, 0.717) is 30.8 Å². The normalized spacial score (nSPS) is 14.5. The summed E-state index contributed by atoms with van der Waals surface area (Å²) in [4.78, 5) is 25.6. The SMILES string of the molecule is O=C(NCc1cn[nH]n1)c1cccc(N2CCCC2=O)c1. The molecule has 0 bridgehead atoms. The number of amides is 2. The van der Waals surface area contributed by atoms with Crippen LogP contribution in [-0.4, -0.2) is 33.8 Å². The van der Waals surface area contributed by atoms with Crippen LogP contribution in [0.25, 0.3) is 0 Å². The third kappa shape index (κ3) is 2.91. The molecule has 7 nitrogen and oxygen atoms in total. The number of hydrogen-bond donors (Lipinski definition) is 2. The standard InChI is InChI=1S/C14H15N5O2/c20-13-5-2-6-19(13)12-4-1-3-10(7-12)14(21)15-8-11-9-16-18-17-11/h1,3-4,7,9H,2,5-6,8H2,(H,15,21)(H,16,17,18). The molecule has 0 atom stereocenters. The van der Waals surface area contributed by atoms with E-state index in [1.54, 1.807) is 29.3 Å². The molecular formula is C14H15N5O2. The quantitative estimate of drug-likeness (QED) is 0.871. The molecule has 21 heavy (non-hydrogen) atoms. The van der Waals surface area contributed by atoms with Crippen molar-refractivity contribution >= 4 is 17.5 Å². The summed E-state index contributed by atoms with van der Waals surface area (Å²) < 4.78 is 0. The summed E-state index contributed by atoms with van der Waals surface area (Å²) in [6, 6.07) is 7.09. The number of carbonyl (C=O) groups excluding carboxylic acids is 2. The molecule has 0 aliphatic carbocycles. The first-order chi connectivity index (χ1) is 10.2. The molecule has 0 unspecified atom stereocenters. The highest BCUT2D eigenvalue weighted by Gasteiger charge is 2.22. The predicted octanol–water partition coefficient (Wildman–Crippen LogP) is 0.861. The van der Waals surface area contributed by atoms with E-state index in [1.165, 1.54) is 0 Å². The summed E-state index contributed by atoms with van der Waals surface area (Å²) in [5.41, 5.74) is 1.96. The number of aromatic nitrogens is 3. The van der Waals surface area contributed by atoms with E-state index in [9.17, 15) is 9.59 Å². The number of rotatable bonds is 4. The van der Waals surface area contributed by atoms with Crippen molar-refractivity contribution in [1.82, 2.24) is 20.7 Å². The molecule has 2 heterocycles. The minimum atomic E-state index is -0.202. The van der Waals surface area contributed by atoms with Gasteiger partial charge in [0.05, 0.1) is 12.7 Å². The predicted molar refractivity (Wildman–Crippen MR) is 75.6 cm³/mol. The number of aromatic amines is 1. The number of anilines is 1. The Balaban J connectivity index is 1.70. The van der Waals surface area contributed by atoms with E-state index in [0.717, 1.165) is 12.1 Å². The zero-order valence-electron chi connectivity index (χ0n) is 11.4. The zero-order valence-corrected chi connectivity index (χ0v) is 11.4. The lowest BCUT2D eigenvalue weighted by Gasteiger charge is -2.16. The Morgan fingerprint density at radius 1 is 1.43 bits per heavy atom. The molecule has 0 spiro atoms. The number of H-pyrrole nitrogens is 1. The van der Waals surface area contributed by atoms with E-state index in [-0.39, 0.29) is 11.8 Å². The first-order valence-corrected chi connectivity index (χ1v) is 6.77. The molecule has 1 aliphatic rings. The van der Waals surface area contributed by atoms with Crippen LogP contribution in [0.4, 0.5) is 5.69 Å². The van der Waals surface area contributed by atoms with Gasteiger partial charge >= 0.3 is 0 Å². The number of carbonyl (C=O) groups is 2. The van der Waals surface area contributed by atoms with Gasteiger partial charge in [-0.1, -0.05) is 6.07 Å². The fourth-order valence-corrected chi connectivity index (χ4v) is 2.32. The van der Waals surface area contributed by atoms with Gasteiger partial charge in [-0.25, -0.2) is 0 Å². The molecule has 3 rings (SSSR count). The largest absolute Gasteiger partial charge is 0.346 e. The highest BCUT2D eigenvalue weighted by atomic mass is 16.2. The van der Waals surface area contributed by atoms with E-state index in [2.05, 4.69) is 20.7 Å². The van der Waals surface area contributed by atoms with Gasteiger partial charge in [-0.3, -0.25) is 9.59 Å². The Morgan fingerprint density at radius 3 is 3.05 bits per heavy atom. The van der Waals surface area contributed by atoms with Crippen molar-refractivity contribution in [2.75, 3.05) is 11.4 Å². The van der Waals surface area contributed by atoms with Gasteiger partial charge in [0.15, 0.2) is 0 Å². The molecule has 108 valence electrons. The lowest BCUT2D eigenvalue weighted by molar-refractivity contribution is -0.117. The molecule has 1 aromatic heterocycles. The Labute approximate surface area is 121 Å². The zero-order chi connectivity index (χ0) is 14.7. The maximum Gasteiger partial charge on any atom is 0.251 e. The summed E-state index contributed by atoms with van der Waals surface area (Å²) in [6.07, 6.45) is 2.99. The van der Waals surface area contributed by atoms with Crippen molar-refractivity contribution in [2.24, 2.45) is 0 Å². The third-order valence-corrected chi connectivity index (χ3v) is 3.39. The first kappa shape index (κ1) is 13.3. The monoisotopic (exact) mass is 285 g/mol. The lowest BCUT2D eigenvalue weighted by Crippen LogP contribution is -2.25. The van der Waals surface area contributed by atoms with Crippen molar-refractivity contribution in [3.8, 4) is 0 Å². The van der Waals surface area contributed by atoms with Gasteiger partial charge in [-0.05, 0) is 24.6 Å². The second-order valence-electron chi connectivity index (χ2n) is 4.84. The van der Waals surface area contributed by atoms with E-state index >= 15 is 0 Å². The molecule has 0 radical (unpaired) electrons. The van der Waals surface area contributed by atoms with E-state index < -0.39 is 0 Å². The van der Waals surface area contributed by atoms with E-state index in [1.807, 2.05) is 6.07 Å². The average molecular weight is 285 g/mol. The van der Waals surface area contributed by atoms with Crippen LogP contribution in [0.3, 0.4) is 0 Å². The van der Waals surface area contributed by atoms with Gasteiger partial charge in [-0.15, -0.1) is 0 Å². The summed E-state index contributed by atoms with van der Waals surface area (Å²) in [6.45, 7) is 1.02. The highest BCUT2D eigenvalue weighted by Crippen LogP contribution is 2.22. The maximum absolute atomic E-state index is 12.1. The highest BCUT2D eigenvalue weighted by molar-refractivity contribution is 5.99. The lowest BCUT2D eigenvalue weighted by atomic mass is 10.1. The topological polar surface area (TPSA) is 91.0 Å². The smallest absolute Gasteiger partial charge is 0.251 e. The summed E-state index contributed by atoms with van der Waals surface area (Å²) >= 11 is 0. The Bertz CT molecular complexity index is 653. The molecule has 2 N–H and O–H groups in total. The van der Waals surface area contributed by atoms with Crippen molar-refractivity contribution < 1.29 is 9.59 Å². The summed E-state index contributed by atoms with van der Waals surface area (Å²) in [7, 11) is 0. The molecule has 0 saturated carbocycles. The summed E-state index contributed by atoms with van der Waals surface area (Å²) in [5.74, 6) is -0.0957. The Morgan fingerprint density at radius 2 is 2.33 bits per heavy atom. The van der Waals surface area contributed by atoms with Gasteiger partial charge in [0, 0.05) is 24.2 Å². The first-order valence-electron chi connectivity index (χ1n) is 6.77. The average Bonchev–Trinajstić information content (AvgIpc) is 3.16. The molecule has 1 fully saturated rings. The van der Waals surface area contributed by atoms with Gasteiger partial charge in [-0.2, -0.15) is 15.4 Å². The van der Waals surface area contributed by atoms with Crippen LogP contribution in [0.1, 0.15) is 28.9 Å². The molecule has 1 saturated heterocycles. The molecule has 1 aliphatic heterocycles. The fraction of sp³-hybridized carbons (Fsp3) is 0.286. The van der Waals surface area contributed by atoms with Gasteiger partial charge in [0.1, 0.15) is 5.69 Å². The molecular weight excluding hydrogens is 270 g/mol. The van der Waals surface area contributed by atoms with Gasteiger partial charge in [0.2, 0.25) is 5.91 Å². The van der Waals surface area contributed by atoms with Crippen molar-refractivity contribution in [2.45, 2.75) is 19.4 Å². The van der Waals surface area contributed by atoms with Crippen LogP contribution in [0.5, 0.6) is 0 Å². The van der Waals surface area contributed by atoms with Crippen molar-refractivity contribution in [3.05, 3.63) is 41.7 Å². The molecule has 2 amide bonds. The van der Waals surface area contributed by atoms with Gasteiger partial charge < -0.3 is 10.2 Å². The van der Waals surface area contributed by atoms with Crippen molar-refractivity contribution in [3.63, 3.8) is 0 Å². The number of benzene rings is 1. The van der Waals surface area contributed by atoms with Crippen LogP contribution >= 0.6 is 0 Å². The molecule has 1 aromatic carbocycles. The molecule has 2 aromatic rings. The van der Waals surface area contributed by atoms with Crippen LogP contribution in [-0.2, 0) is 11.3 Å². The fourth-order valence-electron chi connectivity index (χ4n) is 2.32. The number of nitrogens with zero attached hydrogens (tertiary/aromatic N) is 3. The third-order valence-electron chi connectivity index (χ3n) is 3.39. The minimum Gasteiger partial charge on any atom is -0.346 e. The van der Waals surface area contributed by atoms with Crippen LogP contribution in [0.15, 0.2) is 30.5 Å². The second-order valence-corrected chi connectivity index (χ2v) is 4.84. The Hall–Kier alpha value is -2.70. The minimum absolute atomic E-state index is 0.107. The maximum atomic E-state index is 12.1. The Kier molecular flexibility index (Phi) is 3.63. The van der Waals surface area contributed by atoms with Gasteiger partial charge in [0.25, 0.3) is 5.91 Å². The number of hydrogen-bond acceptors (Lipinski definition) is 4. The van der Waals surface area contributed by atoms with Crippen LogP contribution < -0.4 is 10.2 Å². The summed E-state index contributed by atoms with van der Waals surface area (Å²) in [5, 5.41) is 12.8. The second kappa shape index (κ2) is 5.74.